The quantitative estimate of drug-likeness (QED) is 0.640. The molecule has 2 rings (SSSR count). The van der Waals surface area contributed by atoms with E-state index in [2.05, 4.69) is 31.7 Å². The molecule has 1 heterocycles. The van der Waals surface area contributed by atoms with E-state index in [1.165, 1.54) is 0 Å². The lowest BCUT2D eigenvalue weighted by Gasteiger charge is -2.18. The highest BCUT2D eigenvalue weighted by Crippen LogP contribution is 2.29. The van der Waals surface area contributed by atoms with Crippen LogP contribution in [0.2, 0.25) is 0 Å². The molecule has 0 amide bonds. The first kappa shape index (κ1) is 14.0. The zero-order valence-electron chi connectivity index (χ0n) is 10.8. The average Bonchev–Trinajstić information content (AvgIpc) is 2.81. The molecule has 0 aliphatic rings. The lowest BCUT2D eigenvalue weighted by atomic mass is 10.0. The second-order valence-electron chi connectivity index (χ2n) is 4.19. The van der Waals surface area contributed by atoms with Gasteiger partial charge in [-0.05, 0) is 12.1 Å². The van der Waals surface area contributed by atoms with Crippen LogP contribution >= 0.6 is 15.9 Å². The largest absolute Gasteiger partial charge is 0.496 e. The molecule has 0 radical (unpaired) electrons. The van der Waals surface area contributed by atoms with Crippen LogP contribution in [0.5, 0.6) is 5.75 Å². The van der Waals surface area contributed by atoms with Crippen LogP contribution in [-0.4, -0.2) is 22.1 Å². The van der Waals surface area contributed by atoms with Crippen molar-refractivity contribution in [1.82, 2.24) is 20.4 Å². The molecule has 7 heteroatoms. The van der Waals surface area contributed by atoms with Gasteiger partial charge in [-0.25, -0.2) is 0 Å². The Bertz CT molecular complexity index is 557. The Kier molecular flexibility index (Phi) is 4.52. The van der Waals surface area contributed by atoms with Crippen molar-refractivity contribution in [1.29, 1.82) is 0 Å². The normalized spacial score (nSPS) is 12.4. The first-order chi connectivity index (χ1) is 9.13. The number of methoxy groups -OCH3 is 1. The number of hydrogen-bond donors (Lipinski definition) is 2. The van der Waals surface area contributed by atoms with Crippen LogP contribution in [0.4, 0.5) is 0 Å². The smallest absolute Gasteiger partial charge is 0.124 e. The molecule has 0 aliphatic heterocycles. The molecule has 19 heavy (non-hydrogen) atoms. The fourth-order valence-electron chi connectivity index (χ4n) is 1.93. The second kappa shape index (κ2) is 6.14. The van der Waals surface area contributed by atoms with Crippen molar-refractivity contribution >= 4 is 15.9 Å². The van der Waals surface area contributed by atoms with Gasteiger partial charge in [-0.2, -0.15) is 0 Å². The number of nitrogens with one attached hydrogen (secondary N) is 1. The molecular formula is C12H16BrN5O. The van der Waals surface area contributed by atoms with E-state index < -0.39 is 0 Å². The third-order valence-corrected chi connectivity index (χ3v) is 3.33. The third kappa shape index (κ3) is 3.31. The van der Waals surface area contributed by atoms with Gasteiger partial charge in [0, 0.05) is 29.7 Å². The standard InChI is InChI=1S/C12H16BrN5O/c1-18-7-9(16-17-18)6-11(15-14)10-4-3-8(13)5-12(10)19-2/h3-5,7,11,15H,6,14H2,1-2H3. The number of rotatable bonds is 5. The summed E-state index contributed by atoms with van der Waals surface area (Å²) in [6, 6.07) is 5.76. The summed E-state index contributed by atoms with van der Waals surface area (Å²) < 4.78 is 8.01. The minimum atomic E-state index is -0.0836. The lowest BCUT2D eigenvalue weighted by molar-refractivity contribution is 0.398. The Hall–Kier alpha value is -1.44. The van der Waals surface area contributed by atoms with Gasteiger partial charge in [-0.15, -0.1) is 5.10 Å². The van der Waals surface area contributed by atoms with Crippen LogP contribution in [0.3, 0.4) is 0 Å². The highest BCUT2D eigenvalue weighted by Gasteiger charge is 2.17. The van der Waals surface area contributed by atoms with Crippen LogP contribution in [0.25, 0.3) is 0 Å². The maximum atomic E-state index is 5.65. The molecule has 0 fully saturated rings. The molecule has 6 nitrogen and oxygen atoms in total. The summed E-state index contributed by atoms with van der Waals surface area (Å²) >= 11 is 3.42. The maximum absolute atomic E-state index is 5.65. The van der Waals surface area contributed by atoms with E-state index in [4.69, 9.17) is 10.6 Å². The first-order valence-corrected chi connectivity index (χ1v) is 6.58. The lowest BCUT2D eigenvalue weighted by Crippen LogP contribution is -2.30. The zero-order valence-corrected chi connectivity index (χ0v) is 12.4. The van der Waals surface area contributed by atoms with E-state index >= 15 is 0 Å². The monoisotopic (exact) mass is 325 g/mol. The van der Waals surface area contributed by atoms with Gasteiger partial charge in [-0.3, -0.25) is 16.0 Å². The summed E-state index contributed by atoms with van der Waals surface area (Å²) in [6.07, 6.45) is 2.51. The number of benzene rings is 1. The summed E-state index contributed by atoms with van der Waals surface area (Å²) in [5.41, 5.74) is 4.65. The number of nitrogens with zero attached hydrogens (tertiary/aromatic N) is 3. The van der Waals surface area contributed by atoms with Crippen molar-refractivity contribution in [3.63, 3.8) is 0 Å². The SMILES string of the molecule is COc1cc(Br)ccc1C(Cc1cn(C)nn1)NN. The molecule has 1 aromatic carbocycles. The summed E-state index contributed by atoms with van der Waals surface area (Å²) in [5, 5.41) is 7.98. The first-order valence-electron chi connectivity index (χ1n) is 5.78. The fraction of sp³-hybridized carbons (Fsp3) is 0.333. The minimum absolute atomic E-state index is 0.0836. The van der Waals surface area contributed by atoms with Gasteiger partial charge in [0.2, 0.25) is 0 Å². The molecule has 0 aliphatic carbocycles. The highest BCUT2D eigenvalue weighted by atomic mass is 79.9. The Balaban J connectivity index is 2.26. The van der Waals surface area contributed by atoms with E-state index in [0.717, 1.165) is 21.5 Å². The molecule has 102 valence electrons. The Labute approximate surface area is 120 Å². The average molecular weight is 326 g/mol. The molecule has 3 N–H and O–H groups in total. The molecular weight excluding hydrogens is 310 g/mol. The third-order valence-electron chi connectivity index (χ3n) is 2.84. The van der Waals surface area contributed by atoms with Crippen LogP contribution < -0.4 is 16.0 Å². The van der Waals surface area contributed by atoms with Crippen LogP contribution in [0.15, 0.2) is 28.9 Å². The number of hydrogen-bond acceptors (Lipinski definition) is 5. The van der Waals surface area contributed by atoms with Crippen molar-refractivity contribution in [2.24, 2.45) is 12.9 Å². The summed E-state index contributed by atoms with van der Waals surface area (Å²) in [5.74, 6) is 6.43. The van der Waals surface area contributed by atoms with Crippen LogP contribution in [0.1, 0.15) is 17.3 Å². The number of ether oxygens (including phenoxy) is 1. The van der Waals surface area contributed by atoms with E-state index in [1.54, 1.807) is 11.8 Å². The predicted octanol–water partition coefficient (Wildman–Crippen LogP) is 1.33. The van der Waals surface area contributed by atoms with Crippen molar-refractivity contribution in [3.05, 3.63) is 40.1 Å². The molecule has 0 bridgehead atoms. The van der Waals surface area contributed by atoms with E-state index in [1.807, 2.05) is 31.4 Å². The number of halogens is 1. The van der Waals surface area contributed by atoms with Gasteiger partial charge in [0.15, 0.2) is 0 Å². The highest BCUT2D eigenvalue weighted by molar-refractivity contribution is 9.10. The summed E-state index contributed by atoms with van der Waals surface area (Å²) in [4.78, 5) is 0. The number of aryl methyl sites for hydroxylation is 1. The van der Waals surface area contributed by atoms with Gasteiger partial charge in [0.1, 0.15) is 5.75 Å². The van der Waals surface area contributed by atoms with E-state index in [9.17, 15) is 0 Å². The zero-order chi connectivity index (χ0) is 13.8. The molecule has 2 aromatic rings. The van der Waals surface area contributed by atoms with E-state index in [0.29, 0.717) is 6.42 Å². The Morgan fingerprint density at radius 3 is 2.89 bits per heavy atom. The topological polar surface area (TPSA) is 78.0 Å². The van der Waals surface area contributed by atoms with Crippen molar-refractivity contribution in [2.45, 2.75) is 12.5 Å². The van der Waals surface area contributed by atoms with Crippen molar-refractivity contribution < 1.29 is 4.74 Å². The number of aromatic nitrogens is 3. The maximum Gasteiger partial charge on any atom is 0.124 e. The molecule has 0 saturated carbocycles. The van der Waals surface area contributed by atoms with Crippen LogP contribution in [-0.2, 0) is 13.5 Å². The summed E-state index contributed by atoms with van der Waals surface area (Å²) in [6.45, 7) is 0. The second-order valence-corrected chi connectivity index (χ2v) is 5.11. The minimum Gasteiger partial charge on any atom is -0.496 e. The van der Waals surface area contributed by atoms with Gasteiger partial charge in [0.05, 0.1) is 18.8 Å². The van der Waals surface area contributed by atoms with Gasteiger partial charge in [-0.1, -0.05) is 27.2 Å². The number of hydrazine groups is 1. The molecule has 0 spiro atoms. The van der Waals surface area contributed by atoms with Gasteiger partial charge in [0.25, 0.3) is 0 Å². The van der Waals surface area contributed by atoms with Crippen molar-refractivity contribution in [2.75, 3.05) is 7.11 Å². The summed E-state index contributed by atoms with van der Waals surface area (Å²) in [7, 11) is 3.47. The molecule has 1 unspecified atom stereocenters. The molecule has 1 atom stereocenters. The predicted molar refractivity (Wildman–Crippen MR) is 75.5 cm³/mol. The Morgan fingerprint density at radius 1 is 1.53 bits per heavy atom. The number of nitrogens with two attached hydrogens (primary N) is 1. The Morgan fingerprint density at radius 2 is 2.32 bits per heavy atom. The molecule has 0 saturated heterocycles. The van der Waals surface area contributed by atoms with Gasteiger partial charge < -0.3 is 4.74 Å². The van der Waals surface area contributed by atoms with Crippen molar-refractivity contribution in [3.8, 4) is 5.75 Å². The van der Waals surface area contributed by atoms with Crippen LogP contribution in [0, 0.1) is 0 Å². The molecule has 1 aromatic heterocycles. The van der Waals surface area contributed by atoms with Gasteiger partial charge >= 0.3 is 0 Å². The van der Waals surface area contributed by atoms with E-state index in [-0.39, 0.29) is 6.04 Å². The fourth-order valence-corrected chi connectivity index (χ4v) is 2.27.